The smallest absolute Gasteiger partial charge is 0.0620 e. The van der Waals surface area contributed by atoms with Crippen molar-refractivity contribution in [3.05, 3.63) is 29.3 Å². The zero-order valence-electron chi connectivity index (χ0n) is 9.71. The summed E-state index contributed by atoms with van der Waals surface area (Å²) in [5.41, 5.74) is 2.97. The number of rotatable bonds is 3. The summed E-state index contributed by atoms with van der Waals surface area (Å²) in [6, 6.07) is 6.94. The predicted molar refractivity (Wildman–Crippen MR) is 67.6 cm³/mol. The van der Waals surface area contributed by atoms with Crippen LogP contribution in [0, 0.1) is 0 Å². The molecule has 0 radical (unpaired) electrons. The molecule has 2 rings (SSSR count). The second-order valence-electron chi connectivity index (χ2n) is 4.39. The van der Waals surface area contributed by atoms with E-state index in [2.05, 4.69) is 44.3 Å². The van der Waals surface area contributed by atoms with Gasteiger partial charge in [0.1, 0.15) is 0 Å². The molecule has 1 unspecified atom stereocenters. The normalized spacial score (nSPS) is 19.6. The van der Waals surface area contributed by atoms with Gasteiger partial charge in [0.2, 0.25) is 0 Å². The van der Waals surface area contributed by atoms with Gasteiger partial charge in [0.15, 0.2) is 0 Å². The zero-order valence-corrected chi connectivity index (χ0v) is 10.5. The van der Waals surface area contributed by atoms with E-state index >= 15 is 0 Å². The number of fused-ring (bicyclic) bond motifs is 1. The standard InChI is InChI=1S/C13H19NS/c1-4-14-13-8-11-6-5-10(9(2)3)7-12(11)15-13/h5-7,9,13-14H,4,8H2,1-3H3. The fourth-order valence-electron chi connectivity index (χ4n) is 1.94. The lowest BCUT2D eigenvalue weighted by Crippen LogP contribution is -2.24. The summed E-state index contributed by atoms with van der Waals surface area (Å²) in [5.74, 6) is 0.633. The van der Waals surface area contributed by atoms with Crippen molar-refractivity contribution >= 4 is 11.8 Å². The van der Waals surface area contributed by atoms with Crippen LogP contribution in [0.4, 0.5) is 0 Å². The van der Waals surface area contributed by atoms with Crippen molar-refractivity contribution < 1.29 is 0 Å². The molecule has 0 saturated carbocycles. The van der Waals surface area contributed by atoms with Crippen LogP contribution in [0.1, 0.15) is 37.8 Å². The zero-order chi connectivity index (χ0) is 10.8. The maximum atomic E-state index is 3.50. The van der Waals surface area contributed by atoms with Crippen LogP contribution in [0.25, 0.3) is 0 Å². The van der Waals surface area contributed by atoms with E-state index in [1.165, 1.54) is 22.4 Å². The topological polar surface area (TPSA) is 12.0 Å². The molecule has 0 aromatic heterocycles. The highest BCUT2D eigenvalue weighted by Gasteiger charge is 2.21. The van der Waals surface area contributed by atoms with Crippen LogP contribution in [-0.4, -0.2) is 11.9 Å². The van der Waals surface area contributed by atoms with Crippen LogP contribution in [0.5, 0.6) is 0 Å². The third-order valence-electron chi connectivity index (χ3n) is 2.86. The lowest BCUT2D eigenvalue weighted by Gasteiger charge is -2.08. The van der Waals surface area contributed by atoms with E-state index in [-0.39, 0.29) is 0 Å². The Hall–Kier alpha value is -0.470. The summed E-state index contributed by atoms with van der Waals surface area (Å²) in [7, 11) is 0. The van der Waals surface area contributed by atoms with Gasteiger partial charge in [0.05, 0.1) is 5.37 Å². The molecule has 1 N–H and O–H groups in total. The maximum absolute atomic E-state index is 3.50. The third-order valence-corrected chi connectivity index (χ3v) is 4.12. The summed E-state index contributed by atoms with van der Waals surface area (Å²) >= 11 is 1.98. The van der Waals surface area contributed by atoms with Gasteiger partial charge in [0, 0.05) is 4.90 Å². The number of hydrogen-bond donors (Lipinski definition) is 1. The Morgan fingerprint density at radius 2 is 2.27 bits per heavy atom. The van der Waals surface area contributed by atoms with Gasteiger partial charge < -0.3 is 5.32 Å². The molecule has 1 atom stereocenters. The maximum Gasteiger partial charge on any atom is 0.0620 e. The Kier molecular flexibility index (Phi) is 3.37. The average molecular weight is 221 g/mol. The van der Waals surface area contributed by atoms with Crippen LogP contribution >= 0.6 is 11.8 Å². The molecule has 0 fully saturated rings. The minimum atomic E-state index is 0.590. The average Bonchev–Trinajstić information content (AvgIpc) is 2.59. The molecule has 82 valence electrons. The van der Waals surface area contributed by atoms with Crippen molar-refractivity contribution in [2.24, 2.45) is 0 Å². The number of benzene rings is 1. The van der Waals surface area contributed by atoms with Gasteiger partial charge in [-0.05, 0) is 36.1 Å². The Bertz CT molecular complexity index is 346. The summed E-state index contributed by atoms with van der Waals surface area (Å²) in [4.78, 5) is 1.48. The molecule has 0 saturated heterocycles. The largest absolute Gasteiger partial charge is 0.305 e. The van der Waals surface area contributed by atoms with E-state index < -0.39 is 0 Å². The molecule has 1 aliphatic heterocycles. The van der Waals surface area contributed by atoms with Crippen molar-refractivity contribution in [2.45, 2.75) is 43.4 Å². The van der Waals surface area contributed by atoms with Gasteiger partial charge >= 0.3 is 0 Å². The van der Waals surface area contributed by atoms with Crippen molar-refractivity contribution in [3.63, 3.8) is 0 Å². The molecule has 0 aliphatic carbocycles. The number of thioether (sulfide) groups is 1. The highest BCUT2D eigenvalue weighted by Crippen LogP contribution is 2.37. The van der Waals surface area contributed by atoms with Crippen LogP contribution in [0.2, 0.25) is 0 Å². The first-order valence-electron chi connectivity index (χ1n) is 5.73. The molecule has 1 aromatic rings. The lowest BCUT2D eigenvalue weighted by molar-refractivity contribution is 0.681. The Balaban J connectivity index is 2.16. The summed E-state index contributed by atoms with van der Waals surface area (Å²) in [6.07, 6.45) is 1.17. The number of likely N-dealkylation sites (N-methyl/N-ethyl adjacent to an activating group) is 1. The van der Waals surface area contributed by atoms with Gasteiger partial charge in [-0.25, -0.2) is 0 Å². The lowest BCUT2D eigenvalue weighted by atomic mass is 10.0. The summed E-state index contributed by atoms with van der Waals surface area (Å²) in [6.45, 7) is 7.73. The summed E-state index contributed by atoms with van der Waals surface area (Å²) in [5, 5.41) is 4.09. The van der Waals surface area contributed by atoms with Gasteiger partial charge in [-0.1, -0.05) is 32.9 Å². The molecule has 1 aliphatic rings. The second kappa shape index (κ2) is 4.58. The number of hydrogen-bond acceptors (Lipinski definition) is 2. The highest BCUT2D eigenvalue weighted by atomic mass is 32.2. The van der Waals surface area contributed by atoms with E-state index in [9.17, 15) is 0 Å². The first-order chi connectivity index (χ1) is 7.20. The van der Waals surface area contributed by atoms with Crippen LogP contribution in [0.3, 0.4) is 0 Å². The van der Waals surface area contributed by atoms with E-state index in [1.807, 2.05) is 11.8 Å². The molecule has 1 heterocycles. The predicted octanol–water partition coefficient (Wildman–Crippen LogP) is 3.39. The van der Waals surface area contributed by atoms with E-state index in [0.717, 1.165) is 6.54 Å². The Morgan fingerprint density at radius 1 is 1.47 bits per heavy atom. The third kappa shape index (κ3) is 2.37. The van der Waals surface area contributed by atoms with Crippen LogP contribution in [-0.2, 0) is 6.42 Å². The molecule has 0 amide bonds. The monoisotopic (exact) mass is 221 g/mol. The minimum Gasteiger partial charge on any atom is -0.305 e. The molecule has 0 bridgehead atoms. The Morgan fingerprint density at radius 3 is 2.93 bits per heavy atom. The van der Waals surface area contributed by atoms with Crippen LogP contribution in [0.15, 0.2) is 23.1 Å². The van der Waals surface area contributed by atoms with Gasteiger partial charge in [0.25, 0.3) is 0 Å². The first kappa shape index (κ1) is 11.0. The fraction of sp³-hybridized carbons (Fsp3) is 0.538. The SMILES string of the molecule is CCNC1Cc2ccc(C(C)C)cc2S1. The van der Waals surface area contributed by atoms with E-state index in [0.29, 0.717) is 11.3 Å². The fourth-order valence-corrected chi connectivity index (χ4v) is 3.27. The molecule has 15 heavy (non-hydrogen) atoms. The van der Waals surface area contributed by atoms with Gasteiger partial charge in [-0.2, -0.15) is 0 Å². The van der Waals surface area contributed by atoms with Gasteiger partial charge in [-0.15, -0.1) is 11.8 Å². The molecular formula is C13H19NS. The van der Waals surface area contributed by atoms with E-state index in [4.69, 9.17) is 0 Å². The van der Waals surface area contributed by atoms with Crippen molar-refractivity contribution in [1.29, 1.82) is 0 Å². The van der Waals surface area contributed by atoms with Gasteiger partial charge in [-0.3, -0.25) is 0 Å². The van der Waals surface area contributed by atoms with E-state index in [1.54, 1.807) is 0 Å². The van der Waals surface area contributed by atoms with Crippen molar-refractivity contribution in [2.75, 3.05) is 6.54 Å². The molecule has 1 nitrogen and oxygen atoms in total. The Labute approximate surface area is 96.7 Å². The quantitative estimate of drug-likeness (QED) is 0.839. The van der Waals surface area contributed by atoms with Crippen LogP contribution < -0.4 is 5.32 Å². The molecule has 1 aromatic carbocycles. The molecule has 0 spiro atoms. The number of nitrogens with one attached hydrogen (secondary N) is 1. The highest BCUT2D eigenvalue weighted by molar-refractivity contribution is 8.00. The van der Waals surface area contributed by atoms with Crippen molar-refractivity contribution in [1.82, 2.24) is 5.32 Å². The molecular weight excluding hydrogens is 202 g/mol. The minimum absolute atomic E-state index is 0.590. The first-order valence-corrected chi connectivity index (χ1v) is 6.61. The van der Waals surface area contributed by atoms with Crippen molar-refractivity contribution in [3.8, 4) is 0 Å². The molecule has 2 heteroatoms. The second-order valence-corrected chi connectivity index (χ2v) is 5.63. The summed E-state index contributed by atoms with van der Waals surface area (Å²) < 4.78 is 0.